The monoisotopic (exact) mass is 281 g/mol. The quantitative estimate of drug-likeness (QED) is 0.832. The van der Waals surface area contributed by atoms with E-state index in [4.69, 9.17) is 0 Å². The van der Waals surface area contributed by atoms with Crippen molar-refractivity contribution in [3.8, 4) is 6.07 Å². The van der Waals surface area contributed by atoms with E-state index < -0.39 is 5.54 Å². The number of nitrogens with one attached hydrogen (secondary N) is 1. The molecular weight excluding hydrogens is 258 g/mol. The Morgan fingerprint density at radius 1 is 1.58 bits per heavy atom. The number of nitrogens with zero attached hydrogens (tertiary/aromatic N) is 2. The fourth-order valence-electron chi connectivity index (χ4n) is 2.59. The van der Waals surface area contributed by atoms with Crippen LogP contribution in [-0.2, 0) is 4.79 Å². The zero-order valence-corrected chi connectivity index (χ0v) is 12.6. The Balaban J connectivity index is 1.82. The SMILES string of the molecule is CC[C@H]1CN(CC(=O)N[C@@](C)(C#N)C2CC2)CCS1. The average Bonchev–Trinajstić information content (AvgIpc) is 3.23. The normalized spacial score (nSPS) is 27.3. The van der Waals surface area contributed by atoms with E-state index in [-0.39, 0.29) is 5.91 Å². The summed E-state index contributed by atoms with van der Waals surface area (Å²) in [6.45, 7) is 6.44. The van der Waals surface area contributed by atoms with Crippen molar-refractivity contribution in [2.75, 3.05) is 25.4 Å². The highest BCUT2D eigenvalue weighted by Gasteiger charge is 2.43. The first-order valence-electron chi connectivity index (χ1n) is 7.13. The van der Waals surface area contributed by atoms with Crippen molar-refractivity contribution in [3.63, 3.8) is 0 Å². The lowest BCUT2D eigenvalue weighted by atomic mass is 9.98. The van der Waals surface area contributed by atoms with Crippen molar-refractivity contribution in [2.24, 2.45) is 5.92 Å². The Morgan fingerprint density at radius 2 is 2.32 bits per heavy atom. The number of rotatable bonds is 5. The van der Waals surface area contributed by atoms with Crippen LogP contribution in [-0.4, -0.2) is 47.0 Å². The van der Waals surface area contributed by atoms with Gasteiger partial charge in [-0.15, -0.1) is 0 Å². The molecule has 2 fully saturated rings. The lowest BCUT2D eigenvalue weighted by Gasteiger charge is -2.32. The van der Waals surface area contributed by atoms with E-state index in [1.165, 1.54) is 0 Å². The Morgan fingerprint density at radius 3 is 2.89 bits per heavy atom. The molecule has 5 heteroatoms. The van der Waals surface area contributed by atoms with Gasteiger partial charge in [0.25, 0.3) is 0 Å². The van der Waals surface area contributed by atoms with Crippen LogP contribution in [0, 0.1) is 17.2 Å². The molecule has 19 heavy (non-hydrogen) atoms. The Hall–Kier alpha value is -0.730. The number of nitriles is 1. The largest absolute Gasteiger partial charge is 0.337 e. The van der Waals surface area contributed by atoms with Gasteiger partial charge in [-0.1, -0.05) is 6.92 Å². The number of carbonyl (C=O) groups excluding carboxylic acids is 1. The van der Waals surface area contributed by atoms with Gasteiger partial charge in [0.05, 0.1) is 12.6 Å². The molecule has 1 aliphatic heterocycles. The van der Waals surface area contributed by atoms with E-state index in [9.17, 15) is 10.1 Å². The molecule has 0 spiro atoms. The summed E-state index contributed by atoms with van der Waals surface area (Å²) in [5.41, 5.74) is -0.661. The third-order valence-corrected chi connectivity index (χ3v) is 5.44. The highest BCUT2D eigenvalue weighted by molar-refractivity contribution is 8.00. The van der Waals surface area contributed by atoms with Crippen LogP contribution in [0.3, 0.4) is 0 Å². The van der Waals surface area contributed by atoms with Gasteiger partial charge in [0, 0.05) is 24.1 Å². The lowest BCUT2D eigenvalue weighted by molar-refractivity contribution is -0.123. The maximum atomic E-state index is 12.1. The van der Waals surface area contributed by atoms with E-state index in [1.807, 2.05) is 18.7 Å². The fraction of sp³-hybridized carbons (Fsp3) is 0.857. The molecule has 106 valence electrons. The predicted octanol–water partition coefficient (Wildman–Crippen LogP) is 1.62. The van der Waals surface area contributed by atoms with Crippen molar-refractivity contribution in [3.05, 3.63) is 0 Å². The number of hydrogen-bond donors (Lipinski definition) is 1. The summed E-state index contributed by atoms with van der Waals surface area (Å²) in [5.74, 6) is 1.45. The summed E-state index contributed by atoms with van der Waals surface area (Å²) < 4.78 is 0. The van der Waals surface area contributed by atoms with Crippen LogP contribution in [0.25, 0.3) is 0 Å². The molecule has 0 bridgehead atoms. The highest BCUT2D eigenvalue weighted by Crippen LogP contribution is 2.39. The lowest BCUT2D eigenvalue weighted by Crippen LogP contribution is -2.51. The number of thioether (sulfide) groups is 1. The van der Waals surface area contributed by atoms with Crippen LogP contribution in [0.1, 0.15) is 33.1 Å². The molecular formula is C14H23N3OS. The molecule has 4 nitrogen and oxygen atoms in total. The molecule has 2 atom stereocenters. The second-order valence-electron chi connectivity index (χ2n) is 5.77. The molecule has 0 aromatic heterocycles. The molecule has 0 radical (unpaired) electrons. The summed E-state index contributed by atoms with van der Waals surface area (Å²) in [6, 6.07) is 2.27. The molecule has 2 rings (SSSR count). The van der Waals surface area contributed by atoms with Gasteiger partial charge in [-0.2, -0.15) is 17.0 Å². The molecule has 2 aliphatic rings. The molecule has 1 saturated heterocycles. The second-order valence-corrected chi connectivity index (χ2v) is 7.18. The van der Waals surface area contributed by atoms with Gasteiger partial charge < -0.3 is 5.32 Å². The third-order valence-electron chi connectivity index (χ3n) is 4.07. The van der Waals surface area contributed by atoms with Crippen LogP contribution in [0.2, 0.25) is 0 Å². The summed E-state index contributed by atoms with van der Waals surface area (Å²) in [7, 11) is 0. The minimum atomic E-state index is -0.661. The molecule has 0 unspecified atom stereocenters. The van der Waals surface area contributed by atoms with Gasteiger partial charge in [0.15, 0.2) is 0 Å². The first kappa shape index (κ1) is 14.7. The second kappa shape index (κ2) is 6.15. The molecule has 1 heterocycles. The van der Waals surface area contributed by atoms with Crippen molar-refractivity contribution >= 4 is 17.7 Å². The van der Waals surface area contributed by atoms with Gasteiger partial charge >= 0.3 is 0 Å². The molecule has 0 aromatic carbocycles. The van der Waals surface area contributed by atoms with Gasteiger partial charge in [0.2, 0.25) is 5.91 Å². The Kier molecular flexibility index (Phi) is 4.75. The van der Waals surface area contributed by atoms with Crippen molar-refractivity contribution in [1.29, 1.82) is 5.26 Å². The standard InChI is InChI=1S/C14H23N3OS/c1-3-12-8-17(6-7-19-12)9-13(18)16-14(2,10-15)11-4-5-11/h11-12H,3-9H2,1-2H3,(H,16,18)/t12-,14-/m0/s1. The van der Waals surface area contributed by atoms with E-state index >= 15 is 0 Å². The molecule has 1 saturated carbocycles. The van der Waals surface area contributed by atoms with E-state index in [2.05, 4.69) is 23.2 Å². The van der Waals surface area contributed by atoms with Crippen LogP contribution in [0.15, 0.2) is 0 Å². The molecule has 0 aromatic rings. The maximum Gasteiger partial charge on any atom is 0.235 e. The van der Waals surface area contributed by atoms with Crippen molar-refractivity contribution < 1.29 is 4.79 Å². The van der Waals surface area contributed by atoms with Crippen molar-refractivity contribution in [2.45, 2.75) is 43.9 Å². The predicted molar refractivity (Wildman–Crippen MR) is 77.9 cm³/mol. The fourth-order valence-corrected chi connectivity index (χ4v) is 3.83. The molecule has 1 aliphatic carbocycles. The first-order valence-corrected chi connectivity index (χ1v) is 8.18. The number of hydrogen-bond acceptors (Lipinski definition) is 4. The number of amides is 1. The molecule has 1 N–H and O–H groups in total. The van der Waals surface area contributed by atoms with Gasteiger partial charge in [-0.3, -0.25) is 9.69 Å². The first-order chi connectivity index (χ1) is 9.07. The van der Waals surface area contributed by atoms with Gasteiger partial charge in [-0.05, 0) is 32.1 Å². The van der Waals surface area contributed by atoms with Crippen LogP contribution < -0.4 is 5.32 Å². The van der Waals surface area contributed by atoms with Gasteiger partial charge in [-0.25, -0.2) is 0 Å². The van der Waals surface area contributed by atoms with Crippen LogP contribution in [0.5, 0.6) is 0 Å². The highest BCUT2D eigenvalue weighted by atomic mass is 32.2. The van der Waals surface area contributed by atoms with Crippen LogP contribution >= 0.6 is 11.8 Å². The number of carbonyl (C=O) groups is 1. The minimum Gasteiger partial charge on any atom is -0.337 e. The van der Waals surface area contributed by atoms with Gasteiger partial charge in [0.1, 0.15) is 5.54 Å². The summed E-state index contributed by atoms with van der Waals surface area (Å²) in [4.78, 5) is 14.3. The zero-order chi connectivity index (χ0) is 13.9. The molecule has 1 amide bonds. The van der Waals surface area contributed by atoms with Crippen molar-refractivity contribution in [1.82, 2.24) is 10.2 Å². The van der Waals surface area contributed by atoms with E-state index in [0.29, 0.717) is 17.7 Å². The Bertz CT molecular complexity index is 377. The summed E-state index contributed by atoms with van der Waals surface area (Å²) >= 11 is 2.00. The smallest absolute Gasteiger partial charge is 0.235 e. The Labute approximate surface area is 119 Å². The average molecular weight is 281 g/mol. The van der Waals surface area contributed by atoms with E-state index in [0.717, 1.165) is 38.1 Å². The van der Waals surface area contributed by atoms with E-state index in [1.54, 1.807) is 0 Å². The minimum absolute atomic E-state index is 0.00213. The summed E-state index contributed by atoms with van der Waals surface area (Å²) in [6.07, 6.45) is 3.27. The topological polar surface area (TPSA) is 56.1 Å². The maximum absolute atomic E-state index is 12.1. The third kappa shape index (κ3) is 3.87. The van der Waals surface area contributed by atoms with Crippen LogP contribution in [0.4, 0.5) is 0 Å². The zero-order valence-electron chi connectivity index (χ0n) is 11.8. The summed E-state index contributed by atoms with van der Waals surface area (Å²) in [5, 5.41) is 12.8.